The summed E-state index contributed by atoms with van der Waals surface area (Å²) >= 11 is 26.7. The highest BCUT2D eigenvalue weighted by Crippen LogP contribution is 2.33. The molecule has 9 heteroatoms. The third-order valence-electron chi connectivity index (χ3n) is 5.01. The van der Waals surface area contributed by atoms with Gasteiger partial charge in [-0.15, -0.1) is 0 Å². The predicted molar refractivity (Wildman–Crippen MR) is 159 cm³/mol. The summed E-state index contributed by atoms with van der Waals surface area (Å²) in [5, 5.41) is 13.4. The van der Waals surface area contributed by atoms with Crippen LogP contribution in [0.25, 0.3) is 21.8 Å². The first-order valence-corrected chi connectivity index (χ1v) is 13.2. The van der Waals surface area contributed by atoms with Crippen LogP contribution in [0.2, 0.25) is 20.1 Å². The van der Waals surface area contributed by atoms with Crippen LogP contribution in [-0.2, 0) is 0 Å². The highest BCUT2D eigenvalue weighted by molar-refractivity contribution is 9.10. The van der Waals surface area contributed by atoms with E-state index < -0.39 is 0 Å². The number of phenols is 1. The van der Waals surface area contributed by atoms with Crippen LogP contribution in [0.15, 0.2) is 102 Å². The molecule has 6 rings (SSSR count). The Balaban J connectivity index is 0.000000143. The van der Waals surface area contributed by atoms with Crippen molar-refractivity contribution >= 4 is 84.1 Å². The third-order valence-corrected chi connectivity index (χ3v) is 6.57. The van der Waals surface area contributed by atoms with Crippen molar-refractivity contribution in [2.24, 2.45) is 0 Å². The molecule has 6 aromatic rings. The average Bonchev–Trinajstić information content (AvgIpc) is 3.49. The zero-order valence-electron chi connectivity index (χ0n) is 19.0. The van der Waals surface area contributed by atoms with Gasteiger partial charge in [0, 0.05) is 59.3 Å². The molecule has 3 N–H and O–H groups in total. The van der Waals surface area contributed by atoms with E-state index in [0.29, 0.717) is 26.6 Å². The van der Waals surface area contributed by atoms with E-state index in [-0.39, 0.29) is 5.75 Å². The van der Waals surface area contributed by atoms with Crippen LogP contribution in [-0.4, -0.2) is 15.1 Å². The molecule has 0 radical (unpaired) electrons. The van der Waals surface area contributed by atoms with Gasteiger partial charge in [-0.05, 0) is 66.7 Å². The molecule has 0 saturated heterocycles. The van der Waals surface area contributed by atoms with Crippen molar-refractivity contribution in [2.75, 3.05) is 0 Å². The van der Waals surface area contributed by atoms with Gasteiger partial charge in [0.1, 0.15) is 17.2 Å². The van der Waals surface area contributed by atoms with Gasteiger partial charge in [0.15, 0.2) is 0 Å². The number of hydrogen-bond donors (Lipinski definition) is 3. The van der Waals surface area contributed by atoms with Crippen molar-refractivity contribution in [3.8, 4) is 17.2 Å². The highest BCUT2D eigenvalue weighted by atomic mass is 79.9. The van der Waals surface area contributed by atoms with E-state index in [4.69, 9.17) is 56.2 Å². The second-order valence-electron chi connectivity index (χ2n) is 7.71. The van der Waals surface area contributed by atoms with E-state index in [1.54, 1.807) is 36.4 Å². The van der Waals surface area contributed by atoms with E-state index >= 15 is 0 Å². The number of ether oxygens (including phenoxy) is 1. The summed E-state index contributed by atoms with van der Waals surface area (Å²) in [6.07, 6.45) is 3.75. The standard InChI is InChI=1S/C14H9Cl2NO.C8H5BrClN.C6H5ClO/c15-9-2-1-3-11(6-9)18-14-8-10(16)7-13-12(14)4-5-17-13;9-7-3-5(10)4-8-6(7)1-2-11-8;7-5-2-1-3-6(8)4-5/h1-8,17H;1-4,11H;1-4,8H. The summed E-state index contributed by atoms with van der Waals surface area (Å²) in [7, 11) is 0. The Labute approximate surface area is 241 Å². The second-order valence-corrected chi connectivity index (χ2v) is 10.3. The number of H-pyrrole nitrogens is 2. The zero-order valence-corrected chi connectivity index (χ0v) is 23.6. The lowest BCUT2D eigenvalue weighted by molar-refractivity contribution is 0.475. The Hall–Kier alpha value is -2.80. The average molecular weight is 637 g/mol. The molecule has 0 fully saturated rings. The van der Waals surface area contributed by atoms with Gasteiger partial charge in [-0.25, -0.2) is 0 Å². The van der Waals surface area contributed by atoms with E-state index in [9.17, 15) is 0 Å². The largest absolute Gasteiger partial charge is 0.508 e. The molecule has 0 aliphatic carbocycles. The maximum Gasteiger partial charge on any atom is 0.138 e. The molecule has 0 amide bonds. The number of aromatic nitrogens is 2. The second kappa shape index (κ2) is 12.6. The van der Waals surface area contributed by atoms with Crippen LogP contribution in [0, 0.1) is 0 Å². The summed E-state index contributed by atoms with van der Waals surface area (Å²) in [6.45, 7) is 0. The molecule has 4 aromatic carbocycles. The van der Waals surface area contributed by atoms with Crippen molar-refractivity contribution in [2.45, 2.75) is 0 Å². The van der Waals surface area contributed by atoms with Crippen molar-refractivity contribution in [3.05, 3.63) is 122 Å². The molecule has 0 aliphatic rings. The first kappa shape index (κ1) is 27.2. The van der Waals surface area contributed by atoms with Crippen LogP contribution in [0.3, 0.4) is 0 Å². The van der Waals surface area contributed by atoms with Crippen LogP contribution in [0.1, 0.15) is 0 Å². The third kappa shape index (κ3) is 7.60. The van der Waals surface area contributed by atoms with Crippen LogP contribution in [0.4, 0.5) is 0 Å². The number of aromatic amines is 2. The van der Waals surface area contributed by atoms with Gasteiger partial charge in [0.2, 0.25) is 0 Å². The molecule has 4 nitrogen and oxygen atoms in total. The molecule has 188 valence electrons. The Morgan fingerprint density at radius 1 is 0.622 bits per heavy atom. The number of phenolic OH excluding ortho intramolecular Hbond substituents is 1. The number of nitrogens with one attached hydrogen (secondary N) is 2. The fraction of sp³-hybridized carbons (Fsp3) is 0. The molecule has 0 unspecified atom stereocenters. The Morgan fingerprint density at radius 2 is 1.22 bits per heavy atom. The molecular formula is C28H19BrCl4N2O2. The zero-order chi connectivity index (χ0) is 26.4. The number of halogens is 5. The van der Waals surface area contributed by atoms with Gasteiger partial charge in [-0.3, -0.25) is 0 Å². The van der Waals surface area contributed by atoms with E-state index in [1.807, 2.05) is 54.9 Å². The van der Waals surface area contributed by atoms with Gasteiger partial charge in [0.25, 0.3) is 0 Å². The van der Waals surface area contributed by atoms with Gasteiger partial charge in [-0.1, -0.05) is 74.5 Å². The normalized spacial score (nSPS) is 10.4. The molecular weight excluding hydrogens is 618 g/mol. The number of hydrogen-bond acceptors (Lipinski definition) is 2. The number of rotatable bonds is 2. The molecule has 0 bridgehead atoms. The van der Waals surface area contributed by atoms with E-state index in [0.717, 1.165) is 31.3 Å². The van der Waals surface area contributed by atoms with Crippen molar-refractivity contribution < 1.29 is 9.84 Å². The summed E-state index contributed by atoms with van der Waals surface area (Å²) in [4.78, 5) is 6.19. The minimum atomic E-state index is 0.206. The number of aromatic hydroxyl groups is 1. The molecule has 0 atom stereocenters. The highest BCUT2D eigenvalue weighted by Gasteiger charge is 2.07. The molecule has 2 aromatic heterocycles. The summed E-state index contributed by atoms with van der Waals surface area (Å²) in [5.41, 5.74) is 2.00. The lowest BCUT2D eigenvalue weighted by atomic mass is 10.2. The molecule has 2 heterocycles. The molecule has 37 heavy (non-hydrogen) atoms. The van der Waals surface area contributed by atoms with E-state index in [2.05, 4.69) is 25.9 Å². The topological polar surface area (TPSA) is 61.0 Å². The SMILES string of the molecule is Clc1cc(Br)c2cc[nH]c2c1.Clc1cccc(Oc2cc(Cl)cc3[nH]ccc23)c1.Oc1cccc(Cl)c1. The molecule has 0 spiro atoms. The smallest absolute Gasteiger partial charge is 0.138 e. The van der Waals surface area contributed by atoms with Gasteiger partial charge in [0.05, 0.1) is 5.52 Å². The van der Waals surface area contributed by atoms with E-state index in [1.165, 1.54) is 6.07 Å². The van der Waals surface area contributed by atoms with Gasteiger partial charge in [-0.2, -0.15) is 0 Å². The van der Waals surface area contributed by atoms with Gasteiger partial charge >= 0.3 is 0 Å². The first-order chi connectivity index (χ1) is 17.8. The maximum atomic E-state index is 8.73. The van der Waals surface area contributed by atoms with Crippen molar-refractivity contribution in [3.63, 3.8) is 0 Å². The Bertz CT molecular complexity index is 1630. The lowest BCUT2D eigenvalue weighted by Gasteiger charge is -2.08. The first-order valence-electron chi connectivity index (χ1n) is 10.9. The predicted octanol–water partition coefficient (Wildman–Crippen LogP) is 10.9. The van der Waals surface area contributed by atoms with Crippen LogP contribution in [0.5, 0.6) is 17.2 Å². The summed E-state index contributed by atoms with van der Waals surface area (Å²) < 4.78 is 6.85. The number of fused-ring (bicyclic) bond motifs is 2. The lowest BCUT2D eigenvalue weighted by Crippen LogP contribution is -1.85. The van der Waals surface area contributed by atoms with Gasteiger partial charge < -0.3 is 19.8 Å². The van der Waals surface area contributed by atoms with Crippen molar-refractivity contribution in [1.29, 1.82) is 0 Å². The fourth-order valence-corrected chi connectivity index (χ4v) is 4.92. The Morgan fingerprint density at radius 3 is 1.84 bits per heavy atom. The molecule has 0 aliphatic heterocycles. The number of benzene rings is 4. The van der Waals surface area contributed by atoms with Crippen LogP contribution < -0.4 is 4.74 Å². The fourth-order valence-electron chi connectivity index (χ4n) is 3.41. The maximum absolute atomic E-state index is 8.73. The minimum Gasteiger partial charge on any atom is -0.508 e. The quantitative estimate of drug-likeness (QED) is 0.177. The molecule has 0 saturated carbocycles. The Kier molecular flexibility index (Phi) is 9.30. The van der Waals surface area contributed by atoms with Crippen LogP contribution >= 0.6 is 62.3 Å². The van der Waals surface area contributed by atoms with Crippen molar-refractivity contribution in [1.82, 2.24) is 9.97 Å². The summed E-state index contributed by atoms with van der Waals surface area (Å²) in [6, 6.07) is 25.1. The monoisotopic (exact) mass is 634 g/mol. The minimum absolute atomic E-state index is 0.206. The summed E-state index contributed by atoms with van der Waals surface area (Å²) in [5.74, 6) is 1.60.